The Morgan fingerprint density at radius 1 is 1.19 bits per heavy atom. The van der Waals surface area contributed by atoms with Gasteiger partial charge in [-0.15, -0.1) is 0 Å². The van der Waals surface area contributed by atoms with Crippen LogP contribution in [0.1, 0.15) is 17.7 Å². The van der Waals surface area contributed by atoms with Gasteiger partial charge in [0, 0.05) is 50.4 Å². The standard InChI is InChI=1S/C24H28FN5O/c1-17-3-9-22(10-4-17)30-14-12-20(15-30)29-24(26-2)27-13-11-21-16-31-23(28-21)18-5-7-19(25)8-6-18/h3-10,16,20H,11-15H2,1-2H3,(H2,26,27,29). The van der Waals surface area contributed by atoms with Crippen molar-refractivity contribution in [2.75, 3.05) is 31.6 Å². The number of rotatable bonds is 6. The molecule has 0 saturated carbocycles. The third kappa shape index (κ3) is 5.42. The van der Waals surface area contributed by atoms with E-state index in [0.29, 0.717) is 24.9 Å². The SMILES string of the molecule is CN=C(NCCc1coc(-c2ccc(F)cc2)n1)NC1CCN(c2ccc(C)cc2)C1. The normalized spacial score (nSPS) is 16.5. The van der Waals surface area contributed by atoms with Gasteiger partial charge in [0.25, 0.3) is 0 Å². The summed E-state index contributed by atoms with van der Waals surface area (Å²) >= 11 is 0. The summed E-state index contributed by atoms with van der Waals surface area (Å²) in [6.07, 6.45) is 3.41. The zero-order chi connectivity index (χ0) is 21.6. The second-order valence-electron chi connectivity index (χ2n) is 7.81. The van der Waals surface area contributed by atoms with Gasteiger partial charge in [-0.25, -0.2) is 9.37 Å². The van der Waals surface area contributed by atoms with E-state index >= 15 is 0 Å². The van der Waals surface area contributed by atoms with Crippen LogP contribution in [0.4, 0.5) is 10.1 Å². The van der Waals surface area contributed by atoms with Crippen LogP contribution in [0.2, 0.25) is 0 Å². The summed E-state index contributed by atoms with van der Waals surface area (Å²) in [5.41, 5.74) is 4.14. The van der Waals surface area contributed by atoms with E-state index in [4.69, 9.17) is 4.42 Å². The Bertz CT molecular complexity index is 1010. The molecule has 2 N–H and O–H groups in total. The predicted molar refractivity (Wildman–Crippen MR) is 122 cm³/mol. The van der Waals surface area contributed by atoms with Crippen LogP contribution >= 0.6 is 0 Å². The highest BCUT2D eigenvalue weighted by Crippen LogP contribution is 2.21. The van der Waals surface area contributed by atoms with E-state index in [-0.39, 0.29) is 5.82 Å². The maximum Gasteiger partial charge on any atom is 0.226 e. The van der Waals surface area contributed by atoms with E-state index in [2.05, 4.69) is 56.7 Å². The molecule has 1 saturated heterocycles. The summed E-state index contributed by atoms with van der Waals surface area (Å²) in [5.74, 6) is 1.01. The van der Waals surface area contributed by atoms with Crippen molar-refractivity contribution in [2.45, 2.75) is 25.8 Å². The van der Waals surface area contributed by atoms with Crippen molar-refractivity contribution in [1.29, 1.82) is 0 Å². The zero-order valence-corrected chi connectivity index (χ0v) is 17.9. The minimum Gasteiger partial charge on any atom is -0.444 e. The molecule has 1 aliphatic heterocycles. The molecule has 0 radical (unpaired) electrons. The maximum absolute atomic E-state index is 13.1. The Morgan fingerprint density at radius 2 is 1.97 bits per heavy atom. The van der Waals surface area contributed by atoms with Crippen molar-refractivity contribution in [1.82, 2.24) is 15.6 Å². The largest absolute Gasteiger partial charge is 0.444 e. The van der Waals surface area contributed by atoms with Crippen molar-refractivity contribution in [2.24, 2.45) is 4.99 Å². The molecule has 0 spiro atoms. The number of anilines is 1. The van der Waals surface area contributed by atoms with Gasteiger partial charge in [0.05, 0.1) is 5.69 Å². The highest BCUT2D eigenvalue weighted by Gasteiger charge is 2.23. The molecule has 2 heterocycles. The van der Waals surface area contributed by atoms with E-state index in [1.807, 2.05) is 0 Å². The molecule has 31 heavy (non-hydrogen) atoms. The van der Waals surface area contributed by atoms with E-state index in [0.717, 1.165) is 36.7 Å². The Kier molecular flexibility index (Phi) is 6.50. The number of hydrogen-bond acceptors (Lipinski definition) is 4. The van der Waals surface area contributed by atoms with E-state index < -0.39 is 0 Å². The van der Waals surface area contributed by atoms with Crippen molar-refractivity contribution in [3.05, 3.63) is 71.9 Å². The number of halogens is 1. The molecular weight excluding hydrogens is 393 g/mol. The zero-order valence-electron chi connectivity index (χ0n) is 17.9. The second-order valence-corrected chi connectivity index (χ2v) is 7.81. The summed E-state index contributed by atoms with van der Waals surface area (Å²) in [6.45, 7) is 4.77. The van der Waals surface area contributed by atoms with Crippen LogP contribution in [-0.4, -0.2) is 43.7 Å². The van der Waals surface area contributed by atoms with Crippen LogP contribution in [0.5, 0.6) is 0 Å². The average molecular weight is 422 g/mol. The number of benzene rings is 2. The van der Waals surface area contributed by atoms with Gasteiger partial charge in [-0.3, -0.25) is 4.99 Å². The molecule has 1 aromatic heterocycles. The number of hydrogen-bond donors (Lipinski definition) is 2. The predicted octanol–water partition coefficient (Wildman–Crippen LogP) is 3.78. The second kappa shape index (κ2) is 9.64. The minimum absolute atomic E-state index is 0.275. The summed E-state index contributed by atoms with van der Waals surface area (Å²) in [5, 5.41) is 6.87. The van der Waals surface area contributed by atoms with Gasteiger partial charge in [0.1, 0.15) is 12.1 Å². The Hall–Kier alpha value is -3.35. The lowest BCUT2D eigenvalue weighted by atomic mass is 10.2. The topological polar surface area (TPSA) is 65.7 Å². The van der Waals surface area contributed by atoms with E-state index in [1.165, 1.54) is 23.4 Å². The highest BCUT2D eigenvalue weighted by molar-refractivity contribution is 5.80. The third-order valence-corrected chi connectivity index (χ3v) is 5.47. The van der Waals surface area contributed by atoms with Gasteiger partial charge >= 0.3 is 0 Å². The Labute approximate surface area is 182 Å². The van der Waals surface area contributed by atoms with Gasteiger partial charge in [0.2, 0.25) is 5.89 Å². The molecule has 4 rings (SSSR count). The van der Waals surface area contributed by atoms with Crippen molar-refractivity contribution >= 4 is 11.6 Å². The first kappa shape index (κ1) is 20.9. The van der Waals surface area contributed by atoms with Gasteiger partial charge in [-0.05, 0) is 49.7 Å². The highest BCUT2D eigenvalue weighted by atomic mass is 19.1. The first-order chi connectivity index (χ1) is 15.1. The van der Waals surface area contributed by atoms with Crippen LogP contribution in [0.25, 0.3) is 11.5 Å². The molecular formula is C24H28FN5O. The molecule has 1 unspecified atom stereocenters. The molecule has 1 aliphatic rings. The lowest BCUT2D eigenvalue weighted by Crippen LogP contribution is -2.45. The van der Waals surface area contributed by atoms with Gasteiger partial charge in [-0.1, -0.05) is 17.7 Å². The number of aliphatic imine (C=N–C) groups is 1. The molecule has 162 valence electrons. The van der Waals surface area contributed by atoms with Crippen LogP contribution in [0.3, 0.4) is 0 Å². The molecule has 1 atom stereocenters. The summed E-state index contributed by atoms with van der Waals surface area (Å²) in [4.78, 5) is 11.2. The maximum atomic E-state index is 13.1. The van der Waals surface area contributed by atoms with E-state index in [1.54, 1.807) is 25.4 Å². The van der Waals surface area contributed by atoms with Gasteiger partial charge < -0.3 is 20.0 Å². The number of oxazole rings is 1. The lowest BCUT2D eigenvalue weighted by molar-refractivity contribution is 0.571. The molecule has 0 aliphatic carbocycles. The summed E-state index contributed by atoms with van der Waals surface area (Å²) < 4.78 is 18.6. The lowest BCUT2D eigenvalue weighted by Gasteiger charge is -2.20. The minimum atomic E-state index is -0.275. The molecule has 2 aromatic carbocycles. The fraction of sp³-hybridized carbons (Fsp3) is 0.333. The van der Waals surface area contributed by atoms with E-state index in [9.17, 15) is 4.39 Å². The molecule has 7 heteroatoms. The van der Waals surface area contributed by atoms with Crippen molar-refractivity contribution < 1.29 is 8.81 Å². The Morgan fingerprint density at radius 3 is 2.71 bits per heavy atom. The van der Waals surface area contributed by atoms with Gasteiger partial charge in [-0.2, -0.15) is 0 Å². The smallest absolute Gasteiger partial charge is 0.226 e. The molecule has 0 amide bonds. The fourth-order valence-corrected chi connectivity index (χ4v) is 3.71. The first-order valence-corrected chi connectivity index (χ1v) is 10.6. The number of aromatic nitrogens is 1. The van der Waals surface area contributed by atoms with Crippen molar-refractivity contribution in [3.63, 3.8) is 0 Å². The monoisotopic (exact) mass is 421 g/mol. The van der Waals surface area contributed by atoms with Crippen LogP contribution in [-0.2, 0) is 6.42 Å². The van der Waals surface area contributed by atoms with Crippen LogP contribution in [0, 0.1) is 12.7 Å². The summed E-state index contributed by atoms with van der Waals surface area (Å²) in [6, 6.07) is 15.2. The fourth-order valence-electron chi connectivity index (χ4n) is 3.71. The van der Waals surface area contributed by atoms with Crippen LogP contribution in [0.15, 0.2) is 64.2 Å². The van der Waals surface area contributed by atoms with Gasteiger partial charge in [0.15, 0.2) is 5.96 Å². The number of guanidine groups is 1. The molecule has 0 bridgehead atoms. The quantitative estimate of drug-likeness (QED) is 0.469. The molecule has 1 fully saturated rings. The number of nitrogens with zero attached hydrogens (tertiary/aromatic N) is 3. The first-order valence-electron chi connectivity index (χ1n) is 10.6. The third-order valence-electron chi connectivity index (χ3n) is 5.47. The molecule has 3 aromatic rings. The number of nitrogens with one attached hydrogen (secondary N) is 2. The number of aryl methyl sites for hydroxylation is 1. The van der Waals surface area contributed by atoms with Crippen molar-refractivity contribution in [3.8, 4) is 11.5 Å². The summed E-state index contributed by atoms with van der Waals surface area (Å²) in [7, 11) is 1.78. The van der Waals surface area contributed by atoms with Crippen LogP contribution < -0.4 is 15.5 Å². The Balaban J connectivity index is 1.24. The average Bonchev–Trinajstić information content (AvgIpc) is 3.44. The molecule has 6 nitrogen and oxygen atoms in total.